The van der Waals surface area contributed by atoms with Crippen LogP contribution in [0, 0.1) is 11.8 Å². The summed E-state index contributed by atoms with van der Waals surface area (Å²) in [5, 5.41) is 37.2. The maximum Gasteiger partial charge on any atom is 0.419 e. The number of benzene rings is 3. The van der Waals surface area contributed by atoms with Crippen LogP contribution >= 0.6 is 0 Å². The standard InChI is InChI=1S/C96H143N13O24/c1-53(2)45-65(81(117)104-68(49-74(112)131-94(19,20)21)83(119)102-67(84(120)106-75(54(3)4)87(123)124)48-59-51-109(89(126)133-96(25,26)27)71-40-34-32-38-61(59)71)101-77(113)55(5)98-79(115)63(41-43-72(110)129-92(13,14)15)99-80(116)64(42-44-73(111)130-93(16,17)18)100-82(118)66(47-58-50-108(88(125)132-95(22,23)24)70-39-33-31-37-60(58)70)103-85(121)69(52-127-90(7,8)9)105-86(122)76(56(6)128-91(10,11)12)107-78(114)62(97)46-57-35-29-28-30-36-57/h28-40,50-51,53-56,62-69,75-76H,41-49,52,97H2,1-27H3,(H,98,115)(H,99,116)(H,100,118)(H,101,113)(H,102,119)(H,103,121)(H,104,117)(H,105,122)(H,106,120)(H,107,114)(H,123,124)/t55-,56+,62-,63-,64-,65-,66-,67-,68-,69-,75-,76-/m0/s1. The van der Waals surface area contributed by atoms with E-state index in [2.05, 4.69) is 53.2 Å². The second-order valence-electron chi connectivity index (χ2n) is 41.0. The maximum atomic E-state index is 15.8. The number of para-hydroxylation sites is 2. The molecule has 0 saturated carbocycles. The van der Waals surface area contributed by atoms with Gasteiger partial charge >= 0.3 is 36.1 Å². The fourth-order valence-corrected chi connectivity index (χ4v) is 13.7. The number of ether oxygens (including phenoxy) is 7. The minimum atomic E-state index is -1.91. The summed E-state index contributed by atoms with van der Waals surface area (Å²) < 4.78 is 43.1. The molecule has 5 aromatic rings. The van der Waals surface area contributed by atoms with Gasteiger partial charge in [-0.15, -0.1) is 0 Å². The number of nitrogens with zero attached hydrogens (tertiary/aromatic N) is 2. The van der Waals surface area contributed by atoms with Crippen LogP contribution in [-0.2, 0) is 120 Å². The van der Waals surface area contributed by atoms with E-state index in [1.807, 2.05) is 0 Å². The van der Waals surface area contributed by atoms with Gasteiger partial charge < -0.3 is 97.2 Å². The van der Waals surface area contributed by atoms with E-state index in [1.165, 1.54) is 35.4 Å². The number of amides is 10. The van der Waals surface area contributed by atoms with Gasteiger partial charge in [-0.2, -0.15) is 0 Å². The number of nitrogens with two attached hydrogens (primary N) is 1. The predicted octanol–water partition coefficient (Wildman–Crippen LogP) is 8.17. The third-order valence-corrected chi connectivity index (χ3v) is 19.6. The van der Waals surface area contributed by atoms with Gasteiger partial charge in [0.15, 0.2) is 0 Å². The van der Waals surface area contributed by atoms with Crippen molar-refractivity contribution in [3.63, 3.8) is 0 Å². The second kappa shape index (κ2) is 47.7. The Morgan fingerprint density at radius 1 is 0.361 bits per heavy atom. The molecule has 736 valence electrons. The van der Waals surface area contributed by atoms with Crippen LogP contribution in [0.1, 0.15) is 242 Å². The largest absolute Gasteiger partial charge is 0.480 e. The van der Waals surface area contributed by atoms with Gasteiger partial charge in [-0.25, -0.2) is 14.4 Å². The van der Waals surface area contributed by atoms with Gasteiger partial charge in [0.25, 0.3) is 0 Å². The van der Waals surface area contributed by atoms with Crippen molar-refractivity contribution in [2.75, 3.05) is 6.61 Å². The molecule has 2 aromatic heterocycles. The number of esters is 3. The molecule has 133 heavy (non-hydrogen) atoms. The van der Waals surface area contributed by atoms with Gasteiger partial charge in [0.1, 0.15) is 88.4 Å². The molecule has 37 heteroatoms. The molecule has 0 fully saturated rings. The summed E-state index contributed by atoms with van der Waals surface area (Å²) in [5.74, 6) is -15.8. The molecule has 0 saturated heterocycles. The number of fused-ring (bicyclic) bond motifs is 2. The van der Waals surface area contributed by atoms with Crippen LogP contribution in [0.4, 0.5) is 9.59 Å². The number of carbonyl (C=O) groups is 16. The zero-order valence-corrected chi connectivity index (χ0v) is 82.1. The van der Waals surface area contributed by atoms with E-state index in [4.69, 9.17) is 38.9 Å². The normalized spacial score (nSPS) is 15.0. The predicted molar refractivity (Wildman–Crippen MR) is 496 cm³/mol. The molecule has 0 aliphatic rings. The van der Waals surface area contributed by atoms with Crippen molar-refractivity contribution < 1.29 is 115 Å². The summed E-state index contributed by atoms with van der Waals surface area (Å²) in [6.07, 6.45) is -4.15. The highest BCUT2D eigenvalue weighted by atomic mass is 16.6. The molecular weight excluding hydrogens is 1720 g/mol. The van der Waals surface area contributed by atoms with Crippen LogP contribution in [0.3, 0.4) is 0 Å². The van der Waals surface area contributed by atoms with Crippen molar-refractivity contribution >= 4 is 117 Å². The lowest BCUT2D eigenvalue weighted by Gasteiger charge is -2.33. The Labute approximate surface area is 779 Å². The van der Waals surface area contributed by atoms with Crippen LogP contribution in [0.5, 0.6) is 0 Å². The van der Waals surface area contributed by atoms with E-state index < -0.39 is 270 Å². The Balaban J connectivity index is 1.60. The first-order valence-electron chi connectivity index (χ1n) is 44.8. The maximum absolute atomic E-state index is 15.8. The van der Waals surface area contributed by atoms with Crippen LogP contribution in [-0.4, -0.2) is 228 Å². The quantitative estimate of drug-likeness (QED) is 0.0129. The van der Waals surface area contributed by atoms with Gasteiger partial charge in [0.05, 0.1) is 47.4 Å². The van der Waals surface area contributed by atoms with Crippen LogP contribution in [0.2, 0.25) is 0 Å². The number of carboxylic acids is 1. The summed E-state index contributed by atoms with van der Waals surface area (Å²) in [6.45, 7) is 43.0. The highest BCUT2D eigenvalue weighted by Gasteiger charge is 2.42. The second-order valence-corrected chi connectivity index (χ2v) is 41.0. The molecule has 0 aliphatic carbocycles. The van der Waals surface area contributed by atoms with Crippen LogP contribution in [0.15, 0.2) is 91.3 Å². The number of nitrogens with one attached hydrogen (secondary N) is 10. The van der Waals surface area contributed by atoms with Gasteiger partial charge in [0, 0.05) is 48.8 Å². The molecule has 0 spiro atoms. The number of carbonyl (C=O) groups excluding carboxylic acids is 15. The zero-order chi connectivity index (χ0) is 101. The number of aromatic nitrogens is 2. The monoisotopic (exact) mass is 1860 g/mol. The first-order chi connectivity index (χ1) is 61.2. The zero-order valence-electron chi connectivity index (χ0n) is 82.1. The number of hydrogen-bond donors (Lipinski definition) is 12. The Morgan fingerprint density at radius 2 is 0.722 bits per heavy atom. The van der Waals surface area contributed by atoms with Crippen LogP contribution < -0.4 is 58.9 Å². The first kappa shape index (κ1) is 112. The lowest BCUT2D eigenvalue weighted by atomic mass is 10.0. The number of hydrogen-bond acceptors (Lipinski definition) is 24. The molecule has 37 nitrogen and oxygen atoms in total. The summed E-state index contributed by atoms with van der Waals surface area (Å²) in [4.78, 5) is 232. The average Bonchev–Trinajstić information content (AvgIpc) is 1.64. The molecule has 10 amide bonds. The van der Waals surface area contributed by atoms with E-state index in [0.29, 0.717) is 27.4 Å². The number of rotatable bonds is 42. The van der Waals surface area contributed by atoms with Crippen molar-refractivity contribution in [2.45, 2.75) is 356 Å². The van der Waals surface area contributed by atoms with Gasteiger partial charge in [0.2, 0.25) is 59.1 Å². The molecule has 0 aliphatic heterocycles. The Kier molecular flexibility index (Phi) is 40.0. The first-order valence-corrected chi connectivity index (χ1v) is 44.8. The fourth-order valence-electron chi connectivity index (χ4n) is 13.7. The lowest BCUT2D eigenvalue weighted by Crippen LogP contribution is -2.62. The minimum Gasteiger partial charge on any atom is -0.480 e. The molecule has 5 rings (SSSR count). The highest BCUT2D eigenvalue weighted by Crippen LogP contribution is 2.29. The van der Waals surface area contributed by atoms with Gasteiger partial charge in [-0.3, -0.25) is 71.5 Å². The fraction of sp³-hybridized carbons (Fsp3) is 0.604. The Morgan fingerprint density at radius 3 is 1.14 bits per heavy atom. The van der Waals surface area contributed by atoms with E-state index >= 15 is 28.8 Å². The lowest BCUT2D eigenvalue weighted by molar-refractivity contribution is -0.157. The summed E-state index contributed by atoms with van der Waals surface area (Å²) in [6, 6.07) is 3.75. The molecule has 0 radical (unpaired) electrons. The molecule has 13 N–H and O–H groups in total. The van der Waals surface area contributed by atoms with Crippen molar-refractivity contribution in [1.29, 1.82) is 0 Å². The Hall–Kier alpha value is -11.9. The van der Waals surface area contributed by atoms with E-state index in [0.717, 1.165) is 5.56 Å². The SMILES string of the molecule is CC(C)C[C@H](NC(=O)[C@H](C)NC(=O)[C@H](CCC(=O)OC(C)(C)C)NC(=O)[C@H](CCC(=O)OC(C)(C)C)NC(=O)[C@H](Cc1cn(C(=O)OC(C)(C)C)c2ccccc12)NC(=O)[C@H](COC(C)(C)C)NC(=O)[C@@H](NC(=O)[C@@H](N)Cc1ccccc1)[C@@H](C)OC(C)(C)C)C(=O)N[C@@H](CC(=O)OC(C)(C)C)C(=O)N[C@@H](Cc1cn(C(=O)OC(C)(C)C)c2ccccc12)C(=O)N[C@H](C(=O)O)C(C)C. The summed E-state index contributed by atoms with van der Waals surface area (Å²) in [7, 11) is 0. The van der Waals surface area contributed by atoms with E-state index in [-0.39, 0.29) is 18.4 Å². The van der Waals surface area contributed by atoms with Crippen molar-refractivity contribution in [3.05, 3.63) is 108 Å². The van der Waals surface area contributed by atoms with Crippen molar-refractivity contribution in [2.24, 2.45) is 17.6 Å². The molecule has 0 bridgehead atoms. The topological polar surface area (TPSA) is 514 Å². The van der Waals surface area contributed by atoms with Crippen molar-refractivity contribution in [3.8, 4) is 0 Å². The minimum absolute atomic E-state index is 0.0750. The molecule has 3 aromatic carbocycles. The number of carboxylic acid groups (broad SMARTS) is 1. The smallest absolute Gasteiger partial charge is 0.419 e. The highest BCUT2D eigenvalue weighted by molar-refractivity contribution is 6.02. The third-order valence-electron chi connectivity index (χ3n) is 19.6. The van der Waals surface area contributed by atoms with E-state index in [1.54, 1.807) is 252 Å². The number of aliphatic carboxylic acids is 1. The van der Waals surface area contributed by atoms with E-state index in [9.17, 15) is 53.1 Å². The average molecular weight is 1860 g/mol. The summed E-state index contributed by atoms with van der Waals surface area (Å²) in [5.41, 5.74) is 1.22. The third kappa shape index (κ3) is 38.7. The van der Waals surface area contributed by atoms with Gasteiger partial charge in [-0.05, 0) is 226 Å². The molecule has 12 atom stereocenters. The Bertz CT molecular complexity index is 4930. The molecule has 0 unspecified atom stereocenters. The molecular formula is C96H143N13O24. The van der Waals surface area contributed by atoms with Gasteiger partial charge in [-0.1, -0.05) is 94.4 Å². The van der Waals surface area contributed by atoms with Crippen molar-refractivity contribution in [1.82, 2.24) is 62.3 Å². The summed E-state index contributed by atoms with van der Waals surface area (Å²) >= 11 is 0. The van der Waals surface area contributed by atoms with Crippen LogP contribution in [0.25, 0.3) is 21.8 Å². The molecule has 2 heterocycles.